The van der Waals surface area contributed by atoms with Gasteiger partial charge in [0.15, 0.2) is 5.13 Å². The van der Waals surface area contributed by atoms with Crippen LogP contribution in [-0.4, -0.2) is 63.3 Å². The van der Waals surface area contributed by atoms with Crippen LogP contribution in [0.25, 0.3) is 5.13 Å². The lowest BCUT2D eigenvalue weighted by atomic mass is 10.3. The zero-order valence-electron chi connectivity index (χ0n) is 15.3. The average Bonchev–Trinajstić information content (AvgIpc) is 3.42. The van der Waals surface area contributed by atoms with Crippen molar-refractivity contribution >= 4 is 38.8 Å². The first kappa shape index (κ1) is 18.1. The molecular weight excluding hydrogens is 382 g/mol. The van der Waals surface area contributed by atoms with E-state index < -0.39 is 0 Å². The third-order valence-electron chi connectivity index (χ3n) is 4.52. The van der Waals surface area contributed by atoms with Gasteiger partial charge >= 0.3 is 0 Å². The number of amides is 1. The first-order valence-electron chi connectivity index (χ1n) is 8.86. The number of rotatable bonds is 5. The van der Waals surface area contributed by atoms with Crippen LogP contribution in [0, 0.1) is 6.92 Å². The fraction of sp³-hybridized carbons (Fsp3) is 0.412. The van der Waals surface area contributed by atoms with Gasteiger partial charge in [-0.15, -0.1) is 21.5 Å². The lowest BCUT2D eigenvalue weighted by molar-refractivity contribution is 0.102. The van der Waals surface area contributed by atoms with Gasteiger partial charge < -0.3 is 9.80 Å². The van der Waals surface area contributed by atoms with Gasteiger partial charge in [0.25, 0.3) is 5.91 Å². The first-order valence-corrected chi connectivity index (χ1v) is 10.6. The molecule has 3 aromatic rings. The average molecular weight is 404 g/mol. The minimum atomic E-state index is -0.206. The summed E-state index contributed by atoms with van der Waals surface area (Å²) >= 11 is 2.92. The van der Waals surface area contributed by atoms with Crippen LogP contribution in [0.1, 0.15) is 23.1 Å². The van der Waals surface area contributed by atoms with E-state index in [1.54, 1.807) is 10.6 Å². The molecule has 1 aliphatic rings. The van der Waals surface area contributed by atoms with E-state index in [0.29, 0.717) is 16.0 Å². The van der Waals surface area contributed by atoms with Crippen molar-refractivity contribution in [2.45, 2.75) is 13.8 Å². The lowest BCUT2D eigenvalue weighted by Crippen LogP contribution is -2.46. The number of carbonyl (C=O) groups is 1. The van der Waals surface area contributed by atoms with Crippen LogP contribution in [0.3, 0.4) is 0 Å². The maximum atomic E-state index is 12.6. The Balaban J connectivity index is 1.49. The number of likely N-dealkylation sites (N-methyl/N-ethyl adjacent to an activating group) is 1. The number of anilines is 2. The van der Waals surface area contributed by atoms with Crippen molar-refractivity contribution in [3.05, 3.63) is 35.1 Å². The van der Waals surface area contributed by atoms with E-state index in [1.807, 2.05) is 24.6 Å². The van der Waals surface area contributed by atoms with Crippen molar-refractivity contribution in [3.8, 4) is 5.13 Å². The normalized spacial score (nSPS) is 15.3. The Bertz CT molecular complexity index is 923. The topological polar surface area (TPSA) is 79.2 Å². The van der Waals surface area contributed by atoms with Crippen molar-refractivity contribution in [1.82, 2.24) is 24.6 Å². The number of hydrogen-bond donors (Lipinski definition) is 1. The van der Waals surface area contributed by atoms with Gasteiger partial charge in [0.1, 0.15) is 5.69 Å². The Kier molecular flexibility index (Phi) is 5.19. The molecule has 1 amide bonds. The van der Waals surface area contributed by atoms with Gasteiger partial charge in [0.2, 0.25) is 10.3 Å². The van der Waals surface area contributed by atoms with E-state index in [9.17, 15) is 4.79 Å². The molecule has 0 saturated carbocycles. The molecule has 4 heterocycles. The van der Waals surface area contributed by atoms with Crippen molar-refractivity contribution in [3.63, 3.8) is 0 Å². The summed E-state index contributed by atoms with van der Waals surface area (Å²) in [6, 6.07) is 3.61. The molecule has 0 aromatic carbocycles. The number of nitrogens with zero attached hydrogens (tertiary/aromatic N) is 6. The van der Waals surface area contributed by atoms with E-state index in [1.165, 1.54) is 22.7 Å². The van der Waals surface area contributed by atoms with Crippen LogP contribution in [0.15, 0.2) is 23.7 Å². The Morgan fingerprint density at radius 3 is 2.70 bits per heavy atom. The second-order valence-electron chi connectivity index (χ2n) is 6.30. The van der Waals surface area contributed by atoms with Gasteiger partial charge in [-0.2, -0.15) is 0 Å². The minimum absolute atomic E-state index is 0.206. The van der Waals surface area contributed by atoms with E-state index in [4.69, 9.17) is 0 Å². The third-order valence-corrected chi connectivity index (χ3v) is 6.38. The van der Waals surface area contributed by atoms with Crippen LogP contribution >= 0.6 is 22.7 Å². The Labute approximate surface area is 165 Å². The molecule has 0 bridgehead atoms. The third kappa shape index (κ3) is 3.87. The molecule has 1 aliphatic heterocycles. The number of thiazole rings is 1. The highest BCUT2D eigenvalue weighted by Gasteiger charge is 2.21. The van der Waals surface area contributed by atoms with Crippen LogP contribution in [0.2, 0.25) is 0 Å². The molecular formula is C17H21N7OS2. The first-order chi connectivity index (χ1) is 13.1. The molecule has 10 heteroatoms. The number of aryl methyl sites for hydroxylation is 1. The number of hydrogen-bond acceptors (Lipinski definition) is 8. The van der Waals surface area contributed by atoms with Crippen molar-refractivity contribution in [1.29, 1.82) is 0 Å². The Morgan fingerprint density at radius 1 is 1.22 bits per heavy atom. The molecule has 142 valence electrons. The second kappa shape index (κ2) is 7.75. The maximum absolute atomic E-state index is 12.6. The van der Waals surface area contributed by atoms with E-state index in [-0.39, 0.29) is 5.91 Å². The maximum Gasteiger partial charge on any atom is 0.274 e. The molecule has 0 atom stereocenters. The molecule has 1 fully saturated rings. The summed E-state index contributed by atoms with van der Waals surface area (Å²) in [5.74, 6) is -0.206. The fourth-order valence-corrected chi connectivity index (χ4v) is 4.57. The summed E-state index contributed by atoms with van der Waals surface area (Å²) in [7, 11) is 0. The smallest absolute Gasteiger partial charge is 0.274 e. The van der Waals surface area contributed by atoms with Crippen LogP contribution in [0.5, 0.6) is 0 Å². The largest absolute Gasteiger partial charge is 0.344 e. The van der Waals surface area contributed by atoms with E-state index in [2.05, 4.69) is 37.2 Å². The lowest BCUT2D eigenvalue weighted by Gasteiger charge is -2.33. The summed E-state index contributed by atoms with van der Waals surface area (Å²) in [5, 5.41) is 15.6. The molecule has 4 rings (SSSR count). The SMILES string of the molecule is CCN1CCN(c2nnc(-n3cccc3C(=O)Nc3nc(C)cs3)s2)CC1. The molecule has 27 heavy (non-hydrogen) atoms. The molecule has 0 spiro atoms. The fourth-order valence-electron chi connectivity index (χ4n) is 2.99. The number of carbonyl (C=O) groups excluding carboxylic acids is 1. The summed E-state index contributed by atoms with van der Waals surface area (Å²) in [6.45, 7) is 9.14. The van der Waals surface area contributed by atoms with E-state index >= 15 is 0 Å². The number of nitrogens with one attached hydrogen (secondary N) is 1. The Hall–Kier alpha value is -2.30. The summed E-state index contributed by atoms with van der Waals surface area (Å²) < 4.78 is 1.78. The van der Waals surface area contributed by atoms with Gasteiger partial charge in [-0.1, -0.05) is 18.3 Å². The molecule has 0 unspecified atom stereocenters. The number of piperazine rings is 1. The zero-order valence-corrected chi connectivity index (χ0v) is 16.9. The highest BCUT2D eigenvalue weighted by atomic mass is 32.1. The minimum Gasteiger partial charge on any atom is -0.344 e. The predicted molar refractivity (Wildman–Crippen MR) is 108 cm³/mol. The molecule has 0 aliphatic carbocycles. The van der Waals surface area contributed by atoms with Crippen molar-refractivity contribution < 1.29 is 4.79 Å². The Morgan fingerprint density at radius 2 is 2.00 bits per heavy atom. The number of aromatic nitrogens is 4. The summed E-state index contributed by atoms with van der Waals surface area (Å²) in [5.41, 5.74) is 1.41. The molecule has 8 nitrogen and oxygen atoms in total. The van der Waals surface area contributed by atoms with Gasteiger partial charge in [0, 0.05) is 37.8 Å². The standard InChI is InChI=1S/C17H21N7OS2/c1-3-22-7-9-23(10-8-22)16-20-21-17(27-16)24-6-4-5-13(24)14(25)19-15-18-12(2)11-26-15/h4-6,11H,3,7-10H2,1-2H3,(H,18,19,25). The molecule has 0 radical (unpaired) electrons. The highest BCUT2D eigenvalue weighted by molar-refractivity contribution is 7.17. The second-order valence-corrected chi connectivity index (χ2v) is 8.09. The molecule has 3 aromatic heterocycles. The van der Waals surface area contributed by atoms with Crippen LogP contribution in [-0.2, 0) is 0 Å². The van der Waals surface area contributed by atoms with Gasteiger partial charge in [-0.25, -0.2) is 4.98 Å². The summed E-state index contributed by atoms with van der Waals surface area (Å²) in [4.78, 5) is 21.6. The van der Waals surface area contributed by atoms with Gasteiger partial charge in [-0.3, -0.25) is 14.7 Å². The predicted octanol–water partition coefficient (Wildman–Crippen LogP) is 2.49. The van der Waals surface area contributed by atoms with E-state index in [0.717, 1.165) is 43.5 Å². The highest BCUT2D eigenvalue weighted by Crippen LogP contribution is 2.26. The zero-order chi connectivity index (χ0) is 18.8. The van der Waals surface area contributed by atoms with Gasteiger partial charge in [-0.05, 0) is 25.6 Å². The van der Waals surface area contributed by atoms with Crippen molar-refractivity contribution in [2.75, 3.05) is 42.9 Å². The van der Waals surface area contributed by atoms with Crippen LogP contribution < -0.4 is 10.2 Å². The quantitative estimate of drug-likeness (QED) is 0.705. The molecule has 1 N–H and O–H groups in total. The summed E-state index contributed by atoms with van der Waals surface area (Å²) in [6.07, 6.45) is 1.83. The van der Waals surface area contributed by atoms with Crippen LogP contribution in [0.4, 0.5) is 10.3 Å². The van der Waals surface area contributed by atoms with Gasteiger partial charge in [0.05, 0.1) is 5.69 Å². The van der Waals surface area contributed by atoms with Crippen molar-refractivity contribution in [2.24, 2.45) is 0 Å². The monoisotopic (exact) mass is 403 g/mol. The molecule has 1 saturated heterocycles.